The van der Waals surface area contributed by atoms with Gasteiger partial charge in [-0.15, -0.1) is 0 Å². The van der Waals surface area contributed by atoms with Crippen LogP contribution in [0.2, 0.25) is 0 Å². The molecule has 1 aromatic carbocycles. The predicted molar refractivity (Wildman–Crippen MR) is 100 cm³/mol. The molecule has 1 aliphatic heterocycles. The highest BCUT2D eigenvalue weighted by atomic mass is 32.2. The van der Waals surface area contributed by atoms with Crippen LogP contribution >= 0.6 is 0 Å². The Morgan fingerprint density at radius 3 is 2.40 bits per heavy atom. The lowest BCUT2D eigenvalue weighted by Gasteiger charge is -2.28. The van der Waals surface area contributed by atoms with Gasteiger partial charge in [-0.1, -0.05) is 29.8 Å². The molecular weight excluding hydrogens is 338 g/mol. The molecule has 7 heteroatoms. The summed E-state index contributed by atoms with van der Waals surface area (Å²) in [5, 5.41) is 2.91. The molecule has 140 valence electrons. The van der Waals surface area contributed by atoms with Crippen LogP contribution in [0.5, 0.6) is 0 Å². The van der Waals surface area contributed by atoms with Crippen molar-refractivity contribution in [3.05, 3.63) is 35.4 Å². The number of hydrogen-bond acceptors (Lipinski definition) is 5. The zero-order valence-electron chi connectivity index (χ0n) is 15.1. The molecule has 1 aliphatic rings. The lowest BCUT2D eigenvalue weighted by molar-refractivity contribution is -0.122. The number of nitrogens with one attached hydrogen (secondary N) is 1. The maximum absolute atomic E-state index is 12.2. The number of sulfone groups is 1. The number of benzene rings is 1. The summed E-state index contributed by atoms with van der Waals surface area (Å²) in [5.41, 5.74) is 8.22. The van der Waals surface area contributed by atoms with Gasteiger partial charge in [0, 0.05) is 12.8 Å². The van der Waals surface area contributed by atoms with Gasteiger partial charge in [-0.25, -0.2) is 8.42 Å². The van der Waals surface area contributed by atoms with Crippen LogP contribution in [0.4, 0.5) is 0 Å². The Bertz CT molecular complexity index is 667. The van der Waals surface area contributed by atoms with Gasteiger partial charge in [-0.3, -0.25) is 9.69 Å². The van der Waals surface area contributed by atoms with E-state index in [4.69, 9.17) is 5.73 Å². The minimum Gasteiger partial charge on any atom is -0.353 e. The van der Waals surface area contributed by atoms with Crippen LogP contribution in [0.15, 0.2) is 24.3 Å². The van der Waals surface area contributed by atoms with Crippen LogP contribution in [0.3, 0.4) is 0 Å². The number of amides is 1. The molecular formula is C18H29N3O3S. The highest BCUT2D eigenvalue weighted by Crippen LogP contribution is 2.24. The third kappa shape index (κ3) is 6.41. The van der Waals surface area contributed by atoms with Crippen molar-refractivity contribution in [1.82, 2.24) is 10.2 Å². The van der Waals surface area contributed by atoms with E-state index in [9.17, 15) is 13.2 Å². The Kier molecular flexibility index (Phi) is 6.98. The molecule has 0 bridgehead atoms. The first-order valence-corrected chi connectivity index (χ1v) is 10.8. The second-order valence-corrected chi connectivity index (χ2v) is 9.20. The zero-order valence-corrected chi connectivity index (χ0v) is 15.9. The fourth-order valence-corrected chi connectivity index (χ4v) is 3.78. The second kappa shape index (κ2) is 8.78. The zero-order chi connectivity index (χ0) is 18.4. The molecule has 2 rings (SSSR count). The van der Waals surface area contributed by atoms with Gasteiger partial charge in [0.1, 0.15) is 9.84 Å². The molecule has 2 atom stereocenters. The van der Waals surface area contributed by atoms with E-state index in [0.29, 0.717) is 6.54 Å². The average molecular weight is 368 g/mol. The van der Waals surface area contributed by atoms with Crippen LogP contribution in [-0.4, -0.2) is 56.9 Å². The number of likely N-dealkylation sites (tertiary alicyclic amines) is 1. The van der Waals surface area contributed by atoms with Crippen LogP contribution in [0.25, 0.3) is 0 Å². The lowest BCUT2D eigenvalue weighted by Crippen LogP contribution is -2.45. The van der Waals surface area contributed by atoms with Crippen LogP contribution in [-0.2, 0) is 14.6 Å². The van der Waals surface area contributed by atoms with E-state index in [1.807, 2.05) is 0 Å². The molecule has 1 aromatic rings. The number of rotatable bonds is 8. The van der Waals surface area contributed by atoms with E-state index < -0.39 is 15.9 Å². The van der Waals surface area contributed by atoms with Crippen LogP contribution in [0, 0.1) is 6.92 Å². The normalized spacial score (nSPS) is 18.0. The third-order valence-electron chi connectivity index (χ3n) is 4.65. The molecule has 1 saturated heterocycles. The number of carbonyl (C=O) groups is 1. The molecule has 1 fully saturated rings. The van der Waals surface area contributed by atoms with Gasteiger partial charge in [-0.2, -0.15) is 0 Å². The molecule has 1 amide bonds. The van der Waals surface area contributed by atoms with Crippen molar-refractivity contribution >= 4 is 15.7 Å². The fraction of sp³-hybridized carbons (Fsp3) is 0.611. The standard InChI is InChI=1S/C18H29N3O3S/c1-14-5-7-15(8-6-14)17(21-10-3-4-11-21)13-20-18(22)16(19)9-12-25(2,23)24/h5-8,16-17H,3-4,9-13,19H2,1-2H3,(H,20,22). The molecule has 2 unspecified atom stereocenters. The first-order valence-electron chi connectivity index (χ1n) is 8.78. The van der Waals surface area contributed by atoms with Crippen LogP contribution in [0.1, 0.15) is 36.4 Å². The number of hydrogen-bond donors (Lipinski definition) is 2. The highest BCUT2D eigenvalue weighted by Gasteiger charge is 2.25. The van der Waals surface area contributed by atoms with E-state index in [1.54, 1.807) is 0 Å². The van der Waals surface area contributed by atoms with E-state index in [1.165, 1.54) is 24.0 Å². The monoisotopic (exact) mass is 367 g/mol. The van der Waals surface area contributed by atoms with Crippen molar-refractivity contribution in [2.75, 3.05) is 31.6 Å². The van der Waals surface area contributed by atoms with Crippen molar-refractivity contribution in [1.29, 1.82) is 0 Å². The number of aryl methyl sites for hydroxylation is 1. The highest BCUT2D eigenvalue weighted by molar-refractivity contribution is 7.90. The van der Waals surface area contributed by atoms with Crippen LogP contribution < -0.4 is 11.1 Å². The first-order chi connectivity index (χ1) is 11.8. The Balaban J connectivity index is 1.97. The van der Waals surface area contributed by atoms with Crippen molar-refractivity contribution in [3.8, 4) is 0 Å². The molecule has 25 heavy (non-hydrogen) atoms. The Morgan fingerprint density at radius 1 is 1.24 bits per heavy atom. The lowest BCUT2D eigenvalue weighted by atomic mass is 10.0. The summed E-state index contributed by atoms with van der Waals surface area (Å²) >= 11 is 0. The molecule has 0 spiro atoms. The van der Waals surface area contributed by atoms with Gasteiger partial charge in [0.05, 0.1) is 17.8 Å². The second-order valence-electron chi connectivity index (χ2n) is 6.94. The van der Waals surface area contributed by atoms with Crippen molar-refractivity contribution in [3.63, 3.8) is 0 Å². The quantitative estimate of drug-likeness (QED) is 0.715. The SMILES string of the molecule is Cc1ccc(C(CNC(=O)C(N)CCS(C)(=O)=O)N2CCCC2)cc1. The summed E-state index contributed by atoms with van der Waals surface area (Å²) in [6, 6.07) is 7.69. The predicted octanol–water partition coefficient (Wildman–Crippen LogP) is 1.01. The molecule has 0 aromatic heterocycles. The first kappa shape index (κ1) is 19.9. The van der Waals surface area contributed by atoms with Gasteiger partial charge >= 0.3 is 0 Å². The summed E-state index contributed by atoms with van der Waals surface area (Å²) in [6.45, 7) is 4.58. The Labute approximate surface area is 150 Å². The molecule has 3 N–H and O–H groups in total. The average Bonchev–Trinajstić information content (AvgIpc) is 3.07. The van der Waals surface area contributed by atoms with E-state index >= 15 is 0 Å². The van der Waals surface area contributed by atoms with Gasteiger partial charge in [-0.05, 0) is 44.8 Å². The maximum Gasteiger partial charge on any atom is 0.237 e. The molecule has 6 nitrogen and oxygen atoms in total. The largest absolute Gasteiger partial charge is 0.353 e. The minimum absolute atomic E-state index is 0.0743. The van der Waals surface area contributed by atoms with E-state index in [-0.39, 0.29) is 24.1 Å². The maximum atomic E-state index is 12.2. The third-order valence-corrected chi connectivity index (χ3v) is 5.63. The number of nitrogens with two attached hydrogens (primary N) is 1. The van der Waals surface area contributed by atoms with Crippen molar-refractivity contribution in [2.24, 2.45) is 5.73 Å². The molecule has 0 saturated carbocycles. The van der Waals surface area contributed by atoms with Gasteiger partial charge < -0.3 is 11.1 Å². The summed E-state index contributed by atoms with van der Waals surface area (Å²) < 4.78 is 22.4. The number of nitrogens with zero attached hydrogens (tertiary/aromatic N) is 1. The number of carbonyl (C=O) groups excluding carboxylic acids is 1. The van der Waals surface area contributed by atoms with E-state index in [0.717, 1.165) is 19.3 Å². The Morgan fingerprint density at radius 2 is 1.84 bits per heavy atom. The summed E-state index contributed by atoms with van der Waals surface area (Å²) in [4.78, 5) is 14.6. The smallest absolute Gasteiger partial charge is 0.237 e. The van der Waals surface area contributed by atoms with Crippen molar-refractivity contribution < 1.29 is 13.2 Å². The summed E-state index contributed by atoms with van der Waals surface area (Å²) in [7, 11) is -3.11. The van der Waals surface area contributed by atoms with Gasteiger partial charge in [0.2, 0.25) is 5.91 Å². The fourth-order valence-electron chi connectivity index (χ4n) is 3.10. The Hall–Kier alpha value is -1.44. The van der Waals surface area contributed by atoms with Crippen molar-refractivity contribution in [2.45, 2.75) is 38.3 Å². The summed E-state index contributed by atoms with van der Waals surface area (Å²) in [6.07, 6.45) is 3.64. The molecule has 1 heterocycles. The van der Waals surface area contributed by atoms with Gasteiger partial charge in [0.25, 0.3) is 0 Å². The molecule has 0 aliphatic carbocycles. The van der Waals surface area contributed by atoms with Gasteiger partial charge in [0.15, 0.2) is 0 Å². The van der Waals surface area contributed by atoms with E-state index in [2.05, 4.69) is 41.4 Å². The summed E-state index contributed by atoms with van der Waals surface area (Å²) in [5.74, 6) is -0.366. The topological polar surface area (TPSA) is 92.5 Å². The minimum atomic E-state index is -3.11. The molecule has 0 radical (unpaired) electrons.